The normalized spacial score (nSPS) is 20.8. The van der Waals surface area contributed by atoms with Crippen LogP contribution >= 0.6 is 0 Å². The van der Waals surface area contributed by atoms with Crippen LogP contribution in [0.4, 0.5) is 5.82 Å². The second-order valence-electron chi connectivity index (χ2n) is 4.76. The first-order valence-electron chi connectivity index (χ1n) is 6.22. The molecule has 1 aliphatic rings. The number of carbonyl (C=O) groups is 1. The molecule has 5 heteroatoms. The zero-order valence-corrected chi connectivity index (χ0v) is 10.8. The van der Waals surface area contributed by atoms with Crippen molar-refractivity contribution in [3.8, 4) is 0 Å². The molecule has 2 heterocycles. The highest BCUT2D eigenvalue weighted by Gasteiger charge is 2.23. The van der Waals surface area contributed by atoms with E-state index in [2.05, 4.69) is 15.2 Å². The summed E-state index contributed by atoms with van der Waals surface area (Å²) < 4.78 is 0. The van der Waals surface area contributed by atoms with Crippen LogP contribution in [0.25, 0.3) is 0 Å². The van der Waals surface area contributed by atoms with E-state index < -0.39 is 6.10 Å². The molecule has 18 heavy (non-hydrogen) atoms. The number of hydrogen-bond acceptors (Lipinski definition) is 4. The minimum Gasteiger partial charge on any atom is -0.389 e. The van der Waals surface area contributed by atoms with Crippen LogP contribution in [0.2, 0.25) is 0 Å². The summed E-state index contributed by atoms with van der Waals surface area (Å²) in [7, 11) is 0. The Bertz CT molecular complexity index is 417. The Kier molecular flexibility index (Phi) is 3.81. The number of nitrogens with zero attached hydrogens (tertiary/aromatic N) is 2. The zero-order chi connectivity index (χ0) is 13.1. The predicted octanol–water partition coefficient (Wildman–Crippen LogP) is 0.850. The Morgan fingerprint density at radius 2 is 2.39 bits per heavy atom. The summed E-state index contributed by atoms with van der Waals surface area (Å²) in [6.45, 7) is 4.95. The van der Waals surface area contributed by atoms with E-state index in [1.165, 1.54) is 0 Å². The molecule has 1 amide bonds. The maximum atomic E-state index is 11.0. The van der Waals surface area contributed by atoms with Crippen molar-refractivity contribution in [1.29, 1.82) is 0 Å². The topological polar surface area (TPSA) is 65.5 Å². The number of hydrogen-bond donors (Lipinski definition) is 2. The van der Waals surface area contributed by atoms with Crippen LogP contribution in [0.1, 0.15) is 31.9 Å². The molecule has 1 aromatic heterocycles. The van der Waals surface area contributed by atoms with Crippen LogP contribution in [0.15, 0.2) is 18.3 Å². The summed E-state index contributed by atoms with van der Waals surface area (Å²) in [6.07, 6.45) is 2.16. The number of nitrogens with one attached hydrogen (secondary N) is 1. The molecule has 2 unspecified atom stereocenters. The van der Waals surface area contributed by atoms with Gasteiger partial charge in [-0.25, -0.2) is 4.98 Å². The lowest BCUT2D eigenvalue weighted by Gasteiger charge is -2.18. The Hall–Kier alpha value is -1.62. The Labute approximate surface area is 107 Å². The summed E-state index contributed by atoms with van der Waals surface area (Å²) in [4.78, 5) is 17.5. The van der Waals surface area contributed by atoms with Gasteiger partial charge in [0.1, 0.15) is 5.82 Å². The van der Waals surface area contributed by atoms with Crippen molar-refractivity contribution < 1.29 is 9.90 Å². The van der Waals surface area contributed by atoms with E-state index in [1.54, 1.807) is 20.0 Å². The fourth-order valence-corrected chi connectivity index (χ4v) is 2.21. The molecule has 0 aliphatic carbocycles. The van der Waals surface area contributed by atoms with Crippen LogP contribution in [-0.4, -0.2) is 35.1 Å². The fourth-order valence-electron chi connectivity index (χ4n) is 2.21. The van der Waals surface area contributed by atoms with Gasteiger partial charge in [-0.15, -0.1) is 0 Å². The molecular weight excluding hydrogens is 230 g/mol. The Morgan fingerprint density at radius 1 is 1.61 bits per heavy atom. The van der Waals surface area contributed by atoms with Gasteiger partial charge in [0.15, 0.2) is 0 Å². The maximum absolute atomic E-state index is 11.0. The number of anilines is 1. The molecule has 0 bridgehead atoms. The number of rotatable bonds is 3. The molecule has 2 atom stereocenters. The number of aliphatic hydroxyl groups excluding tert-OH is 1. The van der Waals surface area contributed by atoms with Crippen LogP contribution in [0.3, 0.4) is 0 Å². The molecule has 0 saturated carbocycles. The van der Waals surface area contributed by atoms with Crippen LogP contribution in [0, 0.1) is 0 Å². The lowest BCUT2D eigenvalue weighted by atomic mass is 10.2. The number of carbonyl (C=O) groups excluding carboxylic acids is 1. The van der Waals surface area contributed by atoms with Gasteiger partial charge < -0.3 is 15.3 Å². The molecule has 1 fully saturated rings. The summed E-state index contributed by atoms with van der Waals surface area (Å²) in [5.74, 6) is 0.909. The van der Waals surface area contributed by atoms with Gasteiger partial charge in [-0.1, -0.05) is 6.07 Å². The largest absolute Gasteiger partial charge is 0.389 e. The van der Waals surface area contributed by atoms with E-state index in [1.807, 2.05) is 12.1 Å². The number of aliphatic hydroxyl groups is 1. The lowest BCUT2D eigenvalue weighted by molar-refractivity contribution is -0.119. The molecule has 98 valence electrons. The maximum Gasteiger partial charge on any atom is 0.217 e. The van der Waals surface area contributed by atoms with Gasteiger partial charge in [0.25, 0.3) is 0 Å². The van der Waals surface area contributed by atoms with Crippen molar-refractivity contribution in [2.75, 3.05) is 18.0 Å². The second-order valence-corrected chi connectivity index (χ2v) is 4.76. The standard InChI is InChI=1S/C13H19N3O2/c1-9(17)11-3-4-13(14-7-11)16-6-5-12(8-16)15-10(2)18/h3-4,7,9,12,17H,5-6,8H2,1-2H3,(H,15,18). The van der Waals surface area contributed by atoms with Crippen molar-refractivity contribution in [3.63, 3.8) is 0 Å². The van der Waals surface area contributed by atoms with Gasteiger partial charge in [0.05, 0.1) is 6.10 Å². The van der Waals surface area contributed by atoms with Crippen LogP contribution < -0.4 is 10.2 Å². The third kappa shape index (κ3) is 2.98. The predicted molar refractivity (Wildman–Crippen MR) is 69.3 cm³/mol. The smallest absolute Gasteiger partial charge is 0.217 e. The molecule has 2 rings (SSSR count). The van der Waals surface area contributed by atoms with E-state index in [0.29, 0.717) is 0 Å². The van der Waals surface area contributed by atoms with Gasteiger partial charge in [0, 0.05) is 32.3 Å². The summed E-state index contributed by atoms with van der Waals surface area (Å²) in [5.41, 5.74) is 0.816. The molecule has 0 spiro atoms. The van der Waals surface area contributed by atoms with E-state index in [9.17, 15) is 9.90 Å². The Morgan fingerprint density at radius 3 is 2.94 bits per heavy atom. The van der Waals surface area contributed by atoms with Crippen molar-refractivity contribution in [2.45, 2.75) is 32.4 Å². The highest BCUT2D eigenvalue weighted by Crippen LogP contribution is 2.20. The van der Waals surface area contributed by atoms with Crippen molar-refractivity contribution in [1.82, 2.24) is 10.3 Å². The van der Waals surface area contributed by atoms with Gasteiger partial charge in [-0.3, -0.25) is 4.79 Å². The van der Waals surface area contributed by atoms with Crippen LogP contribution in [0.5, 0.6) is 0 Å². The third-order valence-corrected chi connectivity index (χ3v) is 3.17. The minimum atomic E-state index is -0.489. The quantitative estimate of drug-likeness (QED) is 0.833. The number of pyridine rings is 1. The monoisotopic (exact) mass is 249 g/mol. The van der Waals surface area contributed by atoms with Crippen molar-refractivity contribution >= 4 is 11.7 Å². The van der Waals surface area contributed by atoms with Crippen molar-refractivity contribution in [3.05, 3.63) is 23.9 Å². The summed E-state index contributed by atoms with van der Waals surface area (Å²) in [6, 6.07) is 4.01. The van der Waals surface area contributed by atoms with E-state index >= 15 is 0 Å². The van der Waals surface area contributed by atoms with Gasteiger partial charge >= 0.3 is 0 Å². The molecule has 5 nitrogen and oxygen atoms in total. The average molecular weight is 249 g/mol. The highest BCUT2D eigenvalue weighted by atomic mass is 16.3. The highest BCUT2D eigenvalue weighted by molar-refractivity contribution is 5.73. The summed E-state index contributed by atoms with van der Waals surface area (Å²) in [5, 5.41) is 12.3. The van der Waals surface area contributed by atoms with Crippen molar-refractivity contribution in [2.24, 2.45) is 0 Å². The van der Waals surface area contributed by atoms with E-state index in [4.69, 9.17) is 0 Å². The number of aromatic nitrogens is 1. The van der Waals surface area contributed by atoms with Gasteiger partial charge in [0.2, 0.25) is 5.91 Å². The van der Waals surface area contributed by atoms with Gasteiger partial charge in [-0.2, -0.15) is 0 Å². The molecule has 2 N–H and O–H groups in total. The van der Waals surface area contributed by atoms with Gasteiger partial charge in [-0.05, 0) is 25.0 Å². The second kappa shape index (κ2) is 5.35. The van der Waals surface area contributed by atoms with Crippen LogP contribution in [-0.2, 0) is 4.79 Å². The first-order chi connectivity index (χ1) is 8.56. The average Bonchev–Trinajstić information content (AvgIpc) is 2.76. The first kappa shape index (κ1) is 12.8. The molecule has 1 aliphatic heterocycles. The zero-order valence-electron chi connectivity index (χ0n) is 10.8. The fraction of sp³-hybridized carbons (Fsp3) is 0.538. The van der Waals surface area contributed by atoms with E-state index in [-0.39, 0.29) is 11.9 Å². The summed E-state index contributed by atoms with van der Waals surface area (Å²) >= 11 is 0. The first-order valence-corrected chi connectivity index (χ1v) is 6.22. The SMILES string of the molecule is CC(=O)NC1CCN(c2ccc(C(C)O)cn2)C1. The minimum absolute atomic E-state index is 0.0132. The molecule has 1 saturated heterocycles. The molecule has 0 aromatic carbocycles. The van der Waals surface area contributed by atoms with E-state index in [0.717, 1.165) is 30.9 Å². The third-order valence-electron chi connectivity index (χ3n) is 3.17. The molecular formula is C13H19N3O2. The lowest BCUT2D eigenvalue weighted by Crippen LogP contribution is -2.35. The number of amides is 1. The molecule has 0 radical (unpaired) electrons. The molecule has 1 aromatic rings. The Balaban J connectivity index is 1.98.